The lowest BCUT2D eigenvalue weighted by Gasteiger charge is -2.05. The third-order valence-corrected chi connectivity index (χ3v) is 3.57. The fourth-order valence-electron chi connectivity index (χ4n) is 2.43. The number of aliphatic hydroxyl groups excluding tert-OH is 1. The smallest absolute Gasteiger partial charge is 0.188 e. The number of rotatable bonds is 7. The Morgan fingerprint density at radius 3 is 2.76 bits per heavy atom. The van der Waals surface area contributed by atoms with Gasteiger partial charge in [-0.1, -0.05) is 6.07 Å². The summed E-state index contributed by atoms with van der Waals surface area (Å²) in [5.41, 5.74) is 1.89. The van der Waals surface area contributed by atoms with E-state index in [0.29, 0.717) is 23.9 Å². The van der Waals surface area contributed by atoms with Gasteiger partial charge in [0.2, 0.25) is 0 Å². The summed E-state index contributed by atoms with van der Waals surface area (Å²) in [6.07, 6.45) is 3.51. The lowest BCUT2D eigenvalue weighted by atomic mass is 10.2. The molecule has 130 valence electrons. The van der Waals surface area contributed by atoms with Gasteiger partial charge in [0.25, 0.3) is 0 Å². The fourth-order valence-corrected chi connectivity index (χ4v) is 2.43. The molecule has 0 aliphatic carbocycles. The molecule has 0 aliphatic rings. The van der Waals surface area contributed by atoms with E-state index >= 15 is 0 Å². The van der Waals surface area contributed by atoms with Crippen molar-refractivity contribution in [1.82, 2.24) is 19.7 Å². The van der Waals surface area contributed by atoms with Crippen LogP contribution in [0.5, 0.6) is 11.5 Å². The number of aliphatic hydroxyl groups is 1. The molecule has 7 heteroatoms. The molecule has 0 saturated heterocycles. The van der Waals surface area contributed by atoms with E-state index in [1.807, 2.05) is 31.2 Å². The Labute approximate surface area is 145 Å². The Morgan fingerprint density at radius 2 is 2.00 bits per heavy atom. The Bertz CT molecular complexity index is 848. The summed E-state index contributed by atoms with van der Waals surface area (Å²) >= 11 is 0. The highest BCUT2D eigenvalue weighted by Gasteiger charge is 2.13. The molecule has 3 aromatic rings. The van der Waals surface area contributed by atoms with E-state index in [1.54, 1.807) is 30.3 Å². The van der Waals surface area contributed by atoms with Crippen molar-refractivity contribution in [3.05, 3.63) is 54.1 Å². The summed E-state index contributed by atoms with van der Waals surface area (Å²) in [4.78, 5) is 8.74. The largest absolute Gasteiger partial charge is 0.497 e. The minimum absolute atomic E-state index is 0.0220. The Morgan fingerprint density at radius 1 is 1.16 bits per heavy atom. The Balaban J connectivity index is 1.81. The van der Waals surface area contributed by atoms with Crippen LogP contribution in [0.1, 0.15) is 11.4 Å². The molecule has 0 amide bonds. The summed E-state index contributed by atoms with van der Waals surface area (Å²) in [7, 11) is 1.61. The van der Waals surface area contributed by atoms with Gasteiger partial charge in [0, 0.05) is 24.0 Å². The molecule has 3 rings (SSSR count). The van der Waals surface area contributed by atoms with Gasteiger partial charge in [-0.15, -0.1) is 0 Å². The number of methoxy groups -OCH3 is 1. The van der Waals surface area contributed by atoms with Gasteiger partial charge in [-0.25, -0.2) is 9.67 Å². The third-order valence-electron chi connectivity index (χ3n) is 3.57. The van der Waals surface area contributed by atoms with Crippen molar-refractivity contribution in [3.63, 3.8) is 0 Å². The predicted octanol–water partition coefficient (Wildman–Crippen LogP) is 2.23. The number of aromatic nitrogens is 4. The van der Waals surface area contributed by atoms with Crippen molar-refractivity contribution >= 4 is 0 Å². The Kier molecular flexibility index (Phi) is 5.25. The molecule has 25 heavy (non-hydrogen) atoms. The molecule has 7 nitrogen and oxygen atoms in total. The first kappa shape index (κ1) is 16.9. The van der Waals surface area contributed by atoms with Crippen molar-refractivity contribution in [2.45, 2.75) is 20.1 Å². The molecule has 0 atom stereocenters. The summed E-state index contributed by atoms with van der Waals surface area (Å²) < 4.78 is 12.6. The molecular weight excluding hydrogens is 320 g/mol. The van der Waals surface area contributed by atoms with Crippen molar-refractivity contribution in [2.24, 2.45) is 0 Å². The topological polar surface area (TPSA) is 82.3 Å². The number of nitrogens with zero attached hydrogens (tertiary/aromatic N) is 4. The van der Waals surface area contributed by atoms with E-state index in [2.05, 4.69) is 15.1 Å². The van der Waals surface area contributed by atoms with Crippen LogP contribution >= 0.6 is 0 Å². The second-order valence-corrected chi connectivity index (χ2v) is 5.52. The summed E-state index contributed by atoms with van der Waals surface area (Å²) in [6.45, 7) is 2.52. The normalized spacial score (nSPS) is 10.7. The molecule has 2 aromatic heterocycles. The zero-order chi connectivity index (χ0) is 17.6. The molecule has 2 heterocycles. The average Bonchev–Trinajstić information content (AvgIpc) is 3.03. The van der Waals surface area contributed by atoms with Crippen LogP contribution in [0.4, 0.5) is 0 Å². The SMILES string of the molecule is COc1cccc(OCc2nc(-c3cncc(C)c3)n(CCO)n2)c1. The van der Waals surface area contributed by atoms with E-state index in [4.69, 9.17) is 9.47 Å². The first-order valence-corrected chi connectivity index (χ1v) is 7.93. The van der Waals surface area contributed by atoms with Crippen LogP contribution in [0, 0.1) is 6.92 Å². The zero-order valence-electron chi connectivity index (χ0n) is 14.2. The van der Waals surface area contributed by atoms with Crippen LogP contribution < -0.4 is 9.47 Å². The maximum absolute atomic E-state index is 9.27. The van der Waals surface area contributed by atoms with Crippen LogP contribution in [-0.4, -0.2) is 38.6 Å². The van der Waals surface area contributed by atoms with Crippen LogP contribution in [0.3, 0.4) is 0 Å². The minimum Gasteiger partial charge on any atom is -0.497 e. The monoisotopic (exact) mass is 340 g/mol. The van der Waals surface area contributed by atoms with Gasteiger partial charge >= 0.3 is 0 Å². The fraction of sp³-hybridized carbons (Fsp3) is 0.278. The predicted molar refractivity (Wildman–Crippen MR) is 92.4 cm³/mol. The van der Waals surface area contributed by atoms with Gasteiger partial charge in [-0.3, -0.25) is 4.98 Å². The van der Waals surface area contributed by atoms with Crippen molar-refractivity contribution in [1.29, 1.82) is 0 Å². The van der Waals surface area contributed by atoms with Crippen molar-refractivity contribution < 1.29 is 14.6 Å². The molecular formula is C18H20N4O3. The van der Waals surface area contributed by atoms with E-state index in [-0.39, 0.29) is 13.2 Å². The highest BCUT2D eigenvalue weighted by molar-refractivity contribution is 5.54. The van der Waals surface area contributed by atoms with Crippen LogP contribution in [-0.2, 0) is 13.2 Å². The van der Waals surface area contributed by atoms with E-state index in [9.17, 15) is 5.11 Å². The van der Waals surface area contributed by atoms with Crippen LogP contribution in [0.15, 0.2) is 42.7 Å². The summed E-state index contributed by atoms with van der Waals surface area (Å²) in [6, 6.07) is 9.34. The second-order valence-electron chi connectivity index (χ2n) is 5.52. The number of hydrogen-bond donors (Lipinski definition) is 1. The second kappa shape index (κ2) is 7.76. The van der Waals surface area contributed by atoms with E-state index in [0.717, 1.165) is 16.9 Å². The van der Waals surface area contributed by atoms with Gasteiger partial charge < -0.3 is 14.6 Å². The van der Waals surface area contributed by atoms with Crippen LogP contribution in [0.25, 0.3) is 11.4 Å². The molecule has 0 unspecified atom stereocenters. The molecule has 0 saturated carbocycles. The van der Waals surface area contributed by atoms with Gasteiger partial charge in [0.05, 0.1) is 20.3 Å². The van der Waals surface area contributed by atoms with Gasteiger partial charge in [-0.05, 0) is 30.7 Å². The number of aryl methyl sites for hydroxylation is 1. The van der Waals surface area contributed by atoms with Gasteiger partial charge in [-0.2, -0.15) is 5.10 Å². The maximum Gasteiger partial charge on any atom is 0.188 e. The highest BCUT2D eigenvalue weighted by Crippen LogP contribution is 2.21. The standard InChI is InChI=1S/C18H20N4O3/c1-13-8-14(11-19-10-13)18-20-17(21-22(18)6-7-23)12-25-16-5-3-4-15(9-16)24-2/h3-5,8-11,23H,6-7,12H2,1-2H3. The zero-order valence-corrected chi connectivity index (χ0v) is 14.2. The van der Waals surface area contributed by atoms with Crippen molar-refractivity contribution in [2.75, 3.05) is 13.7 Å². The number of benzene rings is 1. The average molecular weight is 340 g/mol. The molecule has 0 aliphatic heterocycles. The third kappa shape index (κ3) is 4.13. The van der Waals surface area contributed by atoms with Crippen LogP contribution in [0.2, 0.25) is 0 Å². The first-order valence-electron chi connectivity index (χ1n) is 7.93. The number of ether oxygens (including phenoxy) is 2. The van der Waals surface area contributed by atoms with Gasteiger partial charge in [0.1, 0.15) is 18.1 Å². The van der Waals surface area contributed by atoms with E-state index < -0.39 is 0 Å². The molecule has 0 radical (unpaired) electrons. The molecule has 0 spiro atoms. The highest BCUT2D eigenvalue weighted by atomic mass is 16.5. The quantitative estimate of drug-likeness (QED) is 0.710. The molecule has 0 bridgehead atoms. The lowest BCUT2D eigenvalue weighted by Crippen LogP contribution is -2.07. The lowest BCUT2D eigenvalue weighted by molar-refractivity contribution is 0.266. The summed E-state index contributed by atoms with van der Waals surface area (Å²) in [5.74, 6) is 2.60. The molecule has 1 N–H and O–H groups in total. The van der Waals surface area contributed by atoms with Gasteiger partial charge in [0.15, 0.2) is 11.6 Å². The maximum atomic E-state index is 9.27. The number of pyridine rings is 1. The molecule has 0 fully saturated rings. The molecule has 1 aromatic carbocycles. The summed E-state index contributed by atoms with van der Waals surface area (Å²) in [5, 5.41) is 13.7. The van der Waals surface area contributed by atoms with E-state index in [1.165, 1.54) is 0 Å². The Hall–Kier alpha value is -2.93. The minimum atomic E-state index is -0.0220. The number of hydrogen-bond acceptors (Lipinski definition) is 6. The first-order chi connectivity index (χ1) is 12.2. The van der Waals surface area contributed by atoms with Crippen molar-refractivity contribution in [3.8, 4) is 22.9 Å².